The van der Waals surface area contributed by atoms with Crippen LogP contribution in [0.15, 0.2) is 39.9 Å². The van der Waals surface area contributed by atoms with Gasteiger partial charge in [0.05, 0.1) is 25.5 Å². The van der Waals surface area contributed by atoms with Gasteiger partial charge in [-0.3, -0.25) is 4.79 Å². The normalized spacial score (nSPS) is 15.9. The van der Waals surface area contributed by atoms with Crippen molar-refractivity contribution in [2.75, 3.05) is 7.11 Å². The number of nitrogens with zero attached hydrogens (tertiary/aromatic N) is 1. The van der Waals surface area contributed by atoms with Crippen LogP contribution in [0.25, 0.3) is 0 Å². The van der Waals surface area contributed by atoms with Crippen molar-refractivity contribution < 1.29 is 13.9 Å². The average molecular weight is 507 g/mol. The molecule has 192 valence electrons. The van der Waals surface area contributed by atoms with E-state index in [1.807, 2.05) is 18.3 Å². The highest BCUT2D eigenvalue weighted by molar-refractivity contribution is 7.16. The number of nitrogens with one attached hydrogen (secondary N) is 1. The van der Waals surface area contributed by atoms with Crippen molar-refractivity contribution >= 4 is 28.5 Å². The highest BCUT2D eigenvalue weighted by Gasteiger charge is 2.33. The van der Waals surface area contributed by atoms with Crippen LogP contribution < -0.4 is 10.1 Å². The lowest BCUT2D eigenvalue weighted by Gasteiger charge is -2.33. The molecule has 0 spiro atoms. The molecule has 6 heteroatoms. The van der Waals surface area contributed by atoms with E-state index in [0.717, 1.165) is 58.0 Å². The summed E-state index contributed by atoms with van der Waals surface area (Å²) in [5.74, 6) is 2.48. The Morgan fingerprint density at radius 1 is 1.33 bits per heavy atom. The Kier molecular flexibility index (Phi) is 7.74. The van der Waals surface area contributed by atoms with E-state index >= 15 is 0 Å². The number of aryl methyl sites for hydroxylation is 1. The van der Waals surface area contributed by atoms with Crippen LogP contribution in [0, 0.1) is 18.3 Å². The van der Waals surface area contributed by atoms with Gasteiger partial charge < -0.3 is 14.5 Å². The molecule has 3 aromatic rings. The van der Waals surface area contributed by atoms with Gasteiger partial charge >= 0.3 is 0 Å². The van der Waals surface area contributed by atoms with E-state index in [-0.39, 0.29) is 11.3 Å². The Balaban J connectivity index is 1.70. The van der Waals surface area contributed by atoms with Gasteiger partial charge in [-0.2, -0.15) is 0 Å². The lowest BCUT2D eigenvalue weighted by atomic mass is 9.72. The fourth-order valence-electron chi connectivity index (χ4n) is 4.92. The third kappa shape index (κ3) is 5.59. The zero-order chi connectivity index (χ0) is 26.0. The van der Waals surface area contributed by atoms with E-state index in [4.69, 9.17) is 14.1 Å². The quantitative estimate of drug-likeness (QED) is 0.335. The summed E-state index contributed by atoms with van der Waals surface area (Å²) in [5.41, 5.74) is 5.41. The summed E-state index contributed by atoms with van der Waals surface area (Å²) in [6, 6.07) is 7.93. The van der Waals surface area contributed by atoms with Crippen molar-refractivity contribution in [1.82, 2.24) is 5.32 Å². The minimum atomic E-state index is -0.0837. The third-order valence-corrected chi connectivity index (χ3v) is 8.43. The second kappa shape index (κ2) is 10.6. The Hall–Kier alpha value is -2.86. The number of hydrogen-bond acceptors (Lipinski definition) is 5. The summed E-state index contributed by atoms with van der Waals surface area (Å²) in [4.78, 5) is 19.7. The van der Waals surface area contributed by atoms with Gasteiger partial charge in [-0.25, -0.2) is 4.99 Å². The van der Waals surface area contributed by atoms with Crippen LogP contribution in [0.5, 0.6) is 5.75 Å². The van der Waals surface area contributed by atoms with Gasteiger partial charge in [-0.15, -0.1) is 11.3 Å². The summed E-state index contributed by atoms with van der Waals surface area (Å²) < 4.78 is 11.0. The van der Waals surface area contributed by atoms with Crippen LogP contribution in [0.2, 0.25) is 0 Å². The molecule has 0 aliphatic heterocycles. The van der Waals surface area contributed by atoms with Crippen molar-refractivity contribution in [2.45, 2.75) is 73.3 Å². The van der Waals surface area contributed by atoms with E-state index in [1.54, 1.807) is 24.7 Å². The van der Waals surface area contributed by atoms with Crippen LogP contribution in [0.3, 0.4) is 0 Å². The van der Waals surface area contributed by atoms with Crippen molar-refractivity contribution in [2.24, 2.45) is 16.3 Å². The molecule has 1 aliphatic rings. The van der Waals surface area contributed by atoms with Gasteiger partial charge in [0.1, 0.15) is 16.5 Å². The van der Waals surface area contributed by atoms with Crippen molar-refractivity contribution in [3.05, 3.63) is 69.0 Å². The zero-order valence-corrected chi connectivity index (χ0v) is 23.3. The summed E-state index contributed by atoms with van der Waals surface area (Å²) in [6.45, 7) is 13.7. The summed E-state index contributed by atoms with van der Waals surface area (Å²) in [6.07, 6.45) is 6.52. The highest BCUT2D eigenvalue weighted by atomic mass is 32.1. The van der Waals surface area contributed by atoms with Crippen LogP contribution in [0.4, 0.5) is 5.00 Å². The molecule has 0 bridgehead atoms. The van der Waals surface area contributed by atoms with Gasteiger partial charge in [-0.05, 0) is 90.0 Å². The maximum Gasteiger partial charge on any atom is 0.255 e. The molecule has 1 amide bonds. The molecule has 1 N–H and O–H groups in total. The van der Waals surface area contributed by atoms with Gasteiger partial charge in [-0.1, -0.05) is 34.6 Å². The largest absolute Gasteiger partial charge is 0.496 e. The van der Waals surface area contributed by atoms with Crippen LogP contribution in [-0.4, -0.2) is 19.2 Å². The number of ether oxygens (including phenoxy) is 1. The first-order chi connectivity index (χ1) is 17.1. The third-order valence-electron chi connectivity index (χ3n) is 7.26. The molecule has 36 heavy (non-hydrogen) atoms. The fraction of sp³-hybridized carbons (Fsp3) is 0.467. The Morgan fingerprint density at radius 3 is 2.75 bits per heavy atom. The molecule has 0 saturated carbocycles. The number of rotatable bonds is 7. The van der Waals surface area contributed by atoms with E-state index < -0.39 is 0 Å². The molecule has 1 atom stereocenters. The van der Waals surface area contributed by atoms with Crippen LogP contribution >= 0.6 is 11.3 Å². The Bertz CT molecular complexity index is 1250. The maximum absolute atomic E-state index is 13.4. The highest BCUT2D eigenvalue weighted by Crippen LogP contribution is 2.45. The first kappa shape index (κ1) is 26.2. The number of fused-ring (bicyclic) bond motifs is 1. The summed E-state index contributed by atoms with van der Waals surface area (Å²) >= 11 is 1.67. The van der Waals surface area contributed by atoms with Gasteiger partial charge in [0, 0.05) is 11.1 Å². The van der Waals surface area contributed by atoms with Gasteiger partial charge in [0.15, 0.2) is 0 Å². The molecule has 0 saturated heterocycles. The molecular formula is C30H38N2O3S. The number of methoxy groups -OCH3 is 1. The Labute approximate surface area is 219 Å². The number of thiophene rings is 1. The topological polar surface area (TPSA) is 63.8 Å². The molecule has 0 radical (unpaired) electrons. The average Bonchev–Trinajstić information content (AvgIpc) is 3.47. The number of amides is 1. The van der Waals surface area contributed by atoms with E-state index in [0.29, 0.717) is 18.4 Å². The molecule has 5 nitrogen and oxygen atoms in total. The minimum absolute atomic E-state index is 0.0837. The second-order valence-electron chi connectivity index (χ2n) is 11.1. The monoisotopic (exact) mass is 506 g/mol. The molecule has 1 aromatic carbocycles. The number of aliphatic imine (C=N–C) groups is 1. The predicted octanol–water partition coefficient (Wildman–Crippen LogP) is 7.61. The fourth-order valence-corrected chi connectivity index (χ4v) is 6.18. The number of furan rings is 1. The number of benzene rings is 1. The van der Waals surface area contributed by atoms with Crippen molar-refractivity contribution in [3.8, 4) is 5.75 Å². The van der Waals surface area contributed by atoms with Gasteiger partial charge in [0.25, 0.3) is 5.91 Å². The first-order valence-electron chi connectivity index (χ1n) is 12.8. The maximum atomic E-state index is 13.4. The molecule has 0 fully saturated rings. The minimum Gasteiger partial charge on any atom is -0.496 e. The van der Waals surface area contributed by atoms with Crippen molar-refractivity contribution in [3.63, 3.8) is 0 Å². The number of hydrogen-bond donors (Lipinski definition) is 1. The Morgan fingerprint density at radius 2 is 2.11 bits per heavy atom. The molecule has 0 unspecified atom stereocenters. The second-order valence-corrected chi connectivity index (χ2v) is 12.2. The first-order valence-corrected chi connectivity index (χ1v) is 13.6. The molecule has 2 heterocycles. The molecule has 2 aromatic heterocycles. The molecular weight excluding hydrogens is 468 g/mol. The lowest BCUT2D eigenvalue weighted by molar-refractivity contribution is 0.0947. The van der Waals surface area contributed by atoms with E-state index in [1.165, 1.54) is 10.4 Å². The number of carbonyl (C=O) groups excluding carboxylic acids is 1. The standard InChI is InChI=1S/C30H38N2O3S/c1-18(2)24-14-20(19(3)13-25(24)34-7)16-32-29-27(28(33)31-17-22-9-8-12-35-22)23-11-10-21(30(4,5)6)15-26(23)36-29/h8-9,12-14,16,18,21H,10-11,15,17H2,1-7H3,(H,31,33)/t21-/m0/s1. The molecule has 1 aliphatic carbocycles. The zero-order valence-electron chi connectivity index (χ0n) is 22.5. The molecule has 4 rings (SSSR count). The van der Waals surface area contributed by atoms with E-state index in [2.05, 4.69) is 59.0 Å². The van der Waals surface area contributed by atoms with E-state index in [9.17, 15) is 4.79 Å². The number of carbonyl (C=O) groups is 1. The lowest BCUT2D eigenvalue weighted by Crippen LogP contribution is -2.28. The predicted molar refractivity (Wildman–Crippen MR) is 148 cm³/mol. The smallest absolute Gasteiger partial charge is 0.255 e. The summed E-state index contributed by atoms with van der Waals surface area (Å²) in [7, 11) is 1.71. The SMILES string of the molecule is COc1cc(C)c(C=Nc2sc3c(c2C(=O)NCc2ccco2)CC[C@H](C(C)(C)C)C3)cc1C(C)C. The van der Waals surface area contributed by atoms with Crippen LogP contribution in [-0.2, 0) is 19.4 Å². The van der Waals surface area contributed by atoms with Crippen molar-refractivity contribution in [1.29, 1.82) is 0 Å². The van der Waals surface area contributed by atoms with Gasteiger partial charge in [0.2, 0.25) is 0 Å². The summed E-state index contributed by atoms with van der Waals surface area (Å²) in [5, 5.41) is 3.84. The van der Waals surface area contributed by atoms with Crippen LogP contribution in [0.1, 0.15) is 90.2 Å².